The number of nitrogens with zero attached hydrogens (tertiary/aromatic N) is 2. The summed E-state index contributed by atoms with van der Waals surface area (Å²) in [5.41, 5.74) is 3.89. The van der Waals surface area contributed by atoms with Crippen LogP contribution in [0.15, 0.2) is 64.8 Å². The summed E-state index contributed by atoms with van der Waals surface area (Å²) >= 11 is 0. The van der Waals surface area contributed by atoms with Gasteiger partial charge in [-0.25, -0.2) is 0 Å². The van der Waals surface area contributed by atoms with Crippen molar-refractivity contribution in [1.82, 2.24) is 0 Å². The fraction of sp³-hybridized carbons (Fsp3) is 0.455. The Morgan fingerprint density at radius 1 is 0.640 bits per heavy atom. The van der Waals surface area contributed by atoms with E-state index in [1.165, 1.54) is 49.0 Å². The summed E-state index contributed by atoms with van der Waals surface area (Å²) in [6.07, 6.45) is 0. The van der Waals surface area contributed by atoms with Gasteiger partial charge in [0, 0.05) is 0 Å². The molecule has 0 aromatic heterocycles. The van der Waals surface area contributed by atoms with Gasteiger partial charge in [0.1, 0.15) is 0 Å². The topological polar surface area (TPSA) is 24.7 Å². The Bertz CT molecular complexity index is 1450. The summed E-state index contributed by atoms with van der Waals surface area (Å²) in [7, 11) is 0. The molecule has 0 amide bonds. The maximum atomic E-state index is 4.81. The number of hydrogen-bond acceptors (Lipinski definition) is 2. The van der Waals surface area contributed by atoms with E-state index in [-0.39, 0.29) is 0 Å². The van der Waals surface area contributed by atoms with Crippen molar-refractivity contribution < 1.29 is 6.51 Å². The van der Waals surface area contributed by atoms with Crippen LogP contribution >= 0.6 is 0 Å². The fourth-order valence-corrected chi connectivity index (χ4v) is 92.6. The molecule has 2 nitrogen and oxygen atoms in total. The minimum absolute atomic E-state index is 0.769. The predicted molar refractivity (Wildman–Crippen MR) is 92.5 cm³/mol. The van der Waals surface area contributed by atoms with Gasteiger partial charge < -0.3 is 0 Å². The second-order valence-electron chi connectivity index (χ2n) is 12.7. The van der Waals surface area contributed by atoms with E-state index >= 15 is 0 Å². The van der Waals surface area contributed by atoms with E-state index in [1.54, 1.807) is 5.56 Å². The van der Waals surface area contributed by atoms with Crippen LogP contribution in [0.2, 0.25) is 43.3 Å². The Morgan fingerprint density at radius 2 is 1.24 bits per heavy atom. The zero-order valence-corrected chi connectivity index (χ0v) is 14.7. The molecule has 0 aliphatic carbocycles. The summed E-state index contributed by atoms with van der Waals surface area (Å²) in [4.78, 5) is 12.1. The van der Waals surface area contributed by atoms with E-state index in [2.05, 4.69) is 41.5 Å². The monoisotopic (exact) mass is 366 g/mol. The average Bonchev–Trinajstić information content (AvgIpc) is 3.61. The Labute approximate surface area is 136 Å². The summed E-state index contributed by atoms with van der Waals surface area (Å²) in [5.74, 6) is 0. The third-order valence-electron chi connectivity index (χ3n) is 17.0. The van der Waals surface area contributed by atoms with Crippen LogP contribution in [-0.2, 0) is 10.8 Å². The first-order valence-electron chi connectivity index (χ1n) is 9.89. The van der Waals surface area contributed by atoms with Gasteiger partial charge in [0.25, 0.3) is 0 Å². The molecule has 10 heterocycles. The normalized spacial score (nSPS) is 84.9. The van der Waals surface area contributed by atoms with Crippen molar-refractivity contribution in [2.75, 3.05) is 0 Å². The molecule has 4 unspecified atom stereocenters. The van der Waals surface area contributed by atoms with Crippen LogP contribution in [0.4, 0.5) is 11.4 Å². The van der Waals surface area contributed by atoms with E-state index in [9.17, 15) is 0 Å². The van der Waals surface area contributed by atoms with E-state index in [0.29, 0.717) is 0 Å². The van der Waals surface area contributed by atoms with Gasteiger partial charge in [0.15, 0.2) is 0 Å². The van der Waals surface area contributed by atoms with Gasteiger partial charge in [0.05, 0.1) is 0 Å². The van der Waals surface area contributed by atoms with Crippen molar-refractivity contribution in [3.05, 3.63) is 60.2 Å². The molecule has 0 bridgehead atoms. The number of rotatable bonds is 3. The molecule has 2 aromatic carbocycles. The molecule has 3 heteroatoms. The quantitative estimate of drug-likeness (QED) is 0.417. The molecule has 10 aliphatic heterocycles. The number of azo groups is 1. The van der Waals surface area contributed by atoms with Crippen LogP contribution in [0.3, 0.4) is 0 Å². The van der Waals surface area contributed by atoms with Gasteiger partial charge in [-0.1, -0.05) is 0 Å². The summed E-state index contributed by atoms with van der Waals surface area (Å²) < 4.78 is 0.769. The van der Waals surface area contributed by atoms with Crippen LogP contribution in [0.25, 0.3) is 0 Å². The maximum absolute atomic E-state index is 4.81. The first kappa shape index (κ1) is 10.0. The Balaban J connectivity index is 1.19. The summed E-state index contributed by atoms with van der Waals surface area (Å²) in [6, 6.07) is 19.5. The Morgan fingerprint density at radius 3 is 1.80 bits per heavy atom. The molecule has 12 rings (SSSR count). The van der Waals surface area contributed by atoms with Gasteiger partial charge >= 0.3 is 136 Å². The molecule has 0 saturated carbocycles. The number of hydrogen-bond donors (Lipinski definition) is 0. The van der Waals surface area contributed by atoms with Crippen molar-refractivity contribution in [3.8, 4) is 0 Å². The van der Waals surface area contributed by atoms with E-state index in [4.69, 9.17) is 5.11 Å². The first-order valence-corrected chi connectivity index (χ1v) is 16.2. The van der Waals surface area contributed by atoms with Gasteiger partial charge in [-0.2, -0.15) is 0 Å². The fourth-order valence-electron chi connectivity index (χ4n) is 18.4. The second kappa shape index (κ2) is 1.12. The van der Waals surface area contributed by atoms with Gasteiger partial charge in [0.2, 0.25) is 0 Å². The van der Waals surface area contributed by atoms with Crippen LogP contribution in [0, 0.1) is 0 Å². The molecule has 1 spiro atoms. The molecule has 10 saturated heterocycles. The van der Waals surface area contributed by atoms with E-state index < -0.39 is 6.51 Å². The zero-order valence-electron chi connectivity index (χ0n) is 13.6. The molecule has 2 aromatic rings. The Hall–Kier alpha value is -1.44. The molecule has 25 heavy (non-hydrogen) atoms. The number of benzene rings is 2. The van der Waals surface area contributed by atoms with Crippen LogP contribution in [0.5, 0.6) is 0 Å². The predicted octanol–water partition coefficient (Wildman–Crippen LogP) is 6.90. The minimum atomic E-state index is -3.11. The van der Waals surface area contributed by atoms with Crippen molar-refractivity contribution in [1.29, 1.82) is 0 Å². The average molecular weight is 366 g/mol. The molecule has 4 atom stereocenters. The summed E-state index contributed by atoms with van der Waals surface area (Å²) in [6.45, 7) is -3.11. The van der Waals surface area contributed by atoms with Crippen molar-refractivity contribution >= 4 is 11.4 Å². The third-order valence-corrected chi connectivity index (χ3v) is 59.4. The molecular weight excluding hydrogens is 348 g/mol. The van der Waals surface area contributed by atoms with Crippen molar-refractivity contribution in [2.45, 2.75) is 47.7 Å². The molecule has 0 N–H and O–H groups in total. The van der Waals surface area contributed by atoms with E-state index in [0.717, 1.165) is 10.0 Å². The SMILES string of the molecule is c1ccc(N=Nc2ccccc2[C]23[CH]4[CH]5[CH]6[CH]2[Fe]56432789[CH]3[CH]2[CH]7[CH]8[CH]39)cc1. The second-order valence-corrected chi connectivity index (χ2v) is 36.3. The van der Waals surface area contributed by atoms with Gasteiger partial charge in [-0.05, 0) is 0 Å². The van der Waals surface area contributed by atoms with Crippen LogP contribution in [-0.4, -0.2) is 0 Å². The molecule has 10 aliphatic rings. The first-order chi connectivity index (χ1) is 12.1. The van der Waals surface area contributed by atoms with E-state index in [1.807, 2.05) is 18.2 Å². The molecule has 10 fully saturated rings. The third kappa shape index (κ3) is 0.163. The standard InChI is InChI=1S/C17H13N2.C5H5.Fe/c1-2-10-15(11-3-1)18-19-17-13-7-6-12-16(17)14-8-4-5-9-14;1-2-4-5-3-1;/h1-13H;1-5H;. The van der Waals surface area contributed by atoms with Crippen molar-refractivity contribution in [3.63, 3.8) is 0 Å². The molecule has 0 radical (unpaired) electrons. The van der Waals surface area contributed by atoms with Gasteiger partial charge in [-0.15, -0.1) is 0 Å². The zero-order chi connectivity index (χ0) is 15.5. The van der Waals surface area contributed by atoms with Crippen LogP contribution in [0.1, 0.15) is 5.56 Å². The summed E-state index contributed by atoms with van der Waals surface area (Å²) in [5, 5.41) is 9.41. The van der Waals surface area contributed by atoms with Gasteiger partial charge in [-0.3, -0.25) is 0 Å². The molecule has 124 valence electrons. The molecular formula is C22H18FeN2. The Kier molecular flexibility index (Phi) is 0.452. The van der Waals surface area contributed by atoms with Crippen LogP contribution < -0.4 is 0 Å². The van der Waals surface area contributed by atoms with Crippen molar-refractivity contribution in [2.24, 2.45) is 10.2 Å². The number of fused-ring (bicyclic) bond motifs is 10.